The fourth-order valence-corrected chi connectivity index (χ4v) is 2.46. The van der Waals surface area contributed by atoms with Gasteiger partial charge in [0.2, 0.25) is 0 Å². The molecule has 0 atom stereocenters. The summed E-state index contributed by atoms with van der Waals surface area (Å²) in [6.07, 6.45) is 0. The summed E-state index contributed by atoms with van der Waals surface area (Å²) in [6.45, 7) is 4.18. The summed E-state index contributed by atoms with van der Waals surface area (Å²) in [4.78, 5) is 0. The maximum Gasteiger partial charge on any atom is 0.121 e. The summed E-state index contributed by atoms with van der Waals surface area (Å²) in [5, 5.41) is 7.86. The molecule has 2 rings (SSSR count). The van der Waals surface area contributed by atoms with Crippen LogP contribution in [0.4, 0.5) is 11.4 Å². The van der Waals surface area contributed by atoms with Gasteiger partial charge in [0.1, 0.15) is 5.75 Å². The van der Waals surface area contributed by atoms with Gasteiger partial charge in [-0.05, 0) is 37.3 Å². The normalized spacial score (nSPS) is 10.2. The number of hydrogen-bond acceptors (Lipinski definition) is 3. The van der Waals surface area contributed by atoms with Gasteiger partial charge in [-0.1, -0.05) is 29.3 Å². The van der Waals surface area contributed by atoms with Crippen molar-refractivity contribution in [1.82, 2.24) is 0 Å². The first-order valence-corrected chi connectivity index (χ1v) is 7.59. The lowest BCUT2D eigenvalue weighted by Gasteiger charge is -2.11. The van der Waals surface area contributed by atoms with Crippen LogP contribution in [0.1, 0.15) is 6.92 Å². The van der Waals surface area contributed by atoms with Gasteiger partial charge in [0.15, 0.2) is 0 Å². The van der Waals surface area contributed by atoms with Crippen molar-refractivity contribution in [2.75, 3.05) is 30.3 Å². The van der Waals surface area contributed by atoms with Gasteiger partial charge in [0.25, 0.3) is 0 Å². The van der Waals surface area contributed by atoms with Crippen molar-refractivity contribution in [1.29, 1.82) is 0 Å². The van der Waals surface area contributed by atoms with Gasteiger partial charge in [-0.2, -0.15) is 0 Å². The highest BCUT2D eigenvalue weighted by atomic mass is 35.5. The number of rotatable bonds is 7. The zero-order valence-electron chi connectivity index (χ0n) is 11.8. The molecule has 0 unspecified atom stereocenters. The molecule has 0 heterocycles. The van der Waals surface area contributed by atoms with E-state index in [1.54, 1.807) is 6.07 Å². The van der Waals surface area contributed by atoms with E-state index >= 15 is 0 Å². The van der Waals surface area contributed by atoms with Gasteiger partial charge in [-0.25, -0.2) is 0 Å². The highest BCUT2D eigenvalue weighted by molar-refractivity contribution is 6.35. The molecular formula is C16H18Cl2N2O. The summed E-state index contributed by atoms with van der Waals surface area (Å²) >= 11 is 11.9. The highest BCUT2D eigenvalue weighted by Crippen LogP contribution is 2.22. The number of ether oxygens (including phenoxy) is 1. The second-order valence-corrected chi connectivity index (χ2v) is 5.35. The first-order chi connectivity index (χ1) is 10.2. The van der Waals surface area contributed by atoms with Gasteiger partial charge in [0.05, 0.1) is 6.61 Å². The molecule has 0 radical (unpaired) electrons. The van der Waals surface area contributed by atoms with Crippen molar-refractivity contribution in [2.45, 2.75) is 6.92 Å². The van der Waals surface area contributed by atoms with E-state index in [-0.39, 0.29) is 0 Å². The zero-order valence-corrected chi connectivity index (χ0v) is 13.3. The molecule has 0 fully saturated rings. The van der Waals surface area contributed by atoms with Gasteiger partial charge < -0.3 is 15.4 Å². The van der Waals surface area contributed by atoms with Crippen LogP contribution in [0, 0.1) is 0 Å². The van der Waals surface area contributed by atoms with Crippen LogP contribution in [-0.4, -0.2) is 19.7 Å². The third kappa shape index (κ3) is 5.37. The Morgan fingerprint density at radius 2 is 1.57 bits per heavy atom. The SMILES string of the molecule is CCOc1cccc(NCCNc2cc(Cl)cc(Cl)c2)c1. The number of hydrogen-bond donors (Lipinski definition) is 2. The van der Waals surface area contributed by atoms with E-state index in [2.05, 4.69) is 10.6 Å². The minimum Gasteiger partial charge on any atom is -0.494 e. The lowest BCUT2D eigenvalue weighted by molar-refractivity contribution is 0.340. The molecule has 0 aliphatic carbocycles. The van der Waals surface area contributed by atoms with Crippen LogP contribution in [0.5, 0.6) is 5.75 Å². The van der Waals surface area contributed by atoms with Crippen molar-refractivity contribution < 1.29 is 4.74 Å². The molecule has 2 aromatic carbocycles. The first-order valence-electron chi connectivity index (χ1n) is 6.84. The van der Waals surface area contributed by atoms with Crippen LogP contribution in [0.25, 0.3) is 0 Å². The molecule has 2 N–H and O–H groups in total. The van der Waals surface area contributed by atoms with Crippen LogP contribution < -0.4 is 15.4 Å². The van der Waals surface area contributed by atoms with Crippen molar-refractivity contribution in [3.8, 4) is 5.75 Å². The van der Waals surface area contributed by atoms with Gasteiger partial charge in [-0.3, -0.25) is 0 Å². The maximum absolute atomic E-state index is 5.95. The number of anilines is 2. The number of benzene rings is 2. The Bertz CT molecular complexity index is 570. The number of nitrogens with one attached hydrogen (secondary N) is 2. The third-order valence-corrected chi connectivity index (χ3v) is 3.23. The Kier molecular flexibility index (Phi) is 6.03. The molecule has 0 amide bonds. The third-order valence-electron chi connectivity index (χ3n) is 2.79. The lowest BCUT2D eigenvalue weighted by atomic mass is 10.3. The Morgan fingerprint density at radius 3 is 2.24 bits per heavy atom. The lowest BCUT2D eigenvalue weighted by Crippen LogP contribution is -2.13. The van der Waals surface area contributed by atoms with Crippen molar-refractivity contribution in [3.05, 3.63) is 52.5 Å². The topological polar surface area (TPSA) is 33.3 Å². The molecule has 0 aliphatic heterocycles. The molecule has 0 saturated carbocycles. The predicted octanol–water partition coefficient (Wildman–Crippen LogP) is 4.92. The van der Waals surface area contributed by atoms with Gasteiger partial charge in [-0.15, -0.1) is 0 Å². The van der Waals surface area contributed by atoms with Gasteiger partial charge >= 0.3 is 0 Å². The zero-order chi connectivity index (χ0) is 15.1. The van der Waals surface area contributed by atoms with Crippen LogP contribution in [0.15, 0.2) is 42.5 Å². The van der Waals surface area contributed by atoms with E-state index in [0.29, 0.717) is 16.7 Å². The van der Waals surface area contributed by atoms with E-state index in [0.717, 1.165) is 30.2 Å². The van der Waals surface area contributed by atoms with Crippen molar-refractivity contribution in [3.63, 3.8) is 0 Å². The van der Waals surface area contributed by atoms with E-state index < -0.39 is 0 Å². The standard InChI is InChI=1S/C16H18Cl2N2O/c1-2-21-16-5-3-4-14(11-16)19-6-7-20-15-9-12(17)8-13(18)10-15/h3-5,8-11,19-20H,2,6-7H2,1H3. The monoisotopic (exact) mass is 324 g/mol. The molecule has 21 heavy (non-hydrogen) atoms. The minimum absolute atomic E-state index is 0.627. The summed E-state index contributed by atoms with van der Waals surface area (Å²) in [6, 6.07) is 13.3. The molecule has 5 heteroatoms. The Labute approximate surface area is 135 Å². The smallest absolute Gasteiger partial charge is 0.121 e. The maximum atomic E-state index is 5.95. The molecule has 2 aromatic rings. The van der Waals surface area contributed by atoms with E-state index in [4.69, 9.17) is 27.9 Å². The quantitative estimate of drug-likeness (QED) is 0.709. The van der Waals surface area contributed by atoms with Gasteiger partial charge in [0, 0.05) is 40.6 Å². The fraction of sp³-hybridized carbons (Fsp3) is 0.250. The van der Waals surface area contributed by atoms with Crippen molar-refractivity contribution >= 4 is 34.6 Å². The van der Waals surface area contributed by atoms with E-state index in [1.807, 2.05) is 43.3 Å². The Hall–Kier alpha value is -1.58. The molecule has 0 spiro atoms. The van der Waals surface area contributed by atoms with Crippen LogP contribution >= 0.6 is 23.2 Å². The summed E-state index contributed by atoms with van der Waals surface area (Å²) < 4.78 is 5.46. The van der Waals surface area contributed by atoms with Crippen molar-refractivity contribution in [2.24, 2.45) is 0 Å². The summed E-state index contributed by atoms with van der Waals surface area (Å²) in [5.41, 5.74) is 1.95. The number of halogens is 2. The summed E-state index contributed by atoms with van der Waals surface area (Å²) in [5.74, 6) is 0.872. The van der Waals surface area contributed by atoms with Crippen LogP contribution in [0.2, 0.25) is 10.0 Å². The molecule has 0 saturated heterocycles. The summed E-state index contributed by atoms with van der Waals surface area (Å²) in [7, 11) is 0. The van der Waals surface area contributed by atoms with Crippen LogP contribution in [-0.2, 0) is 0 Å². The largest absolute Gasteiger partial charge is 0.494 e. The fourth-order valence-electron chi connectivity index (χ4n) is 1.93. The molecular weight excluding hydrogens is 307 g/mol. The Morgan fingerprint density at radius 1 is 0.905 bits per heavy atom. The first kappa shape index (κ1) is 15.8. The molecule has 0 aromatic heterocycles. The van der Waals surface area contributed by atoms with E-state index in [1.165, 1.54) is 0 Å². The van der Waals surface area contributed by atoms with Crippen LogP contribution in [0.3, 0.4) is 0 Å². The molecule has 3 nitrogen and oxygen atoms in total. The average Bonchev–Trinajstić information content (AvgIpc) is 2.43. The molecule has 112 valence electrons. The minimum atomic E-state index is 0.627. The second-order valence-electron chi connectivity index (χ2n) is 4.47. The van der Waals surface area contributed by atoms with E-state index in [9.17, 15) is 0 Å². The highest BCUT2D eigenvalue weighted by Gasteiger charge is 1.98. The Balaban J connectivity index is 1.80. The predicted molar refractivity (Wildman–Crippen MR) is 91.1 cm³/mol. The second kappa shape index (κ2) is 8.01. The average molecular weight is 325 g/mol. The molecule has 0 aliphatic rings. The molecule has 0 bridgehead atoms.